The molecule has 0 fully saturated rings. The Morgan fingerprint density at radius 1 is 1.00 bits per heavy atom. The highest BCUT2D eigenvalue weighted by molar-refractivity contribution is 5.39. The Kier molecular flexibility index (Phi) is 6.03. The molecule has 0 aliphatic heterocycles. The summed E-state index contributed by atoms with van der Waals surface area (Å²) in [7, 11) is 1.62. The van der Waals surface area contributed by atoms with Crippen LogP contribution in [-0.2, 0) is 6.42 Å². The molecule has 1 N–H and O–H groups in total. The van der Waals surface area contributed by atoms with Crippen LogP contribution in [0.3, 0.4) is 0 Å². The predicted octanol–water partition coefficient (Wildman–Crippen LogP) is 3.05. The number of ether oxygens (including phenoxy) is 2. The fourth-order valence-electron chi connectivity index (χ4n) is 2.02. The minimum Gasteiger partial charge on any atom is -0.493 e. The van der Waals surface area contributed by atoms with E-state index in [1.807, 2.05) is 30.3 Å². The summed E-state index contributed by atoms with van der Waals surface area (Å²) in [4.78, 5) is 0. The van der Waals surface area contributed by atoms with Crippen LogP contribution in [0.25, 0.3) is 0 Å². The van der Waals surface area contributed by atoms with Crippen LogP contribution in [0.4, 0.5) is 4.39 Å². The number of halogens is 1. The molecule has 21 heavy (non-hydrogen) atoms. The molecule has 2 aromatic rings. The van der Waals surface area contributed by atoms with E-state index in [-0.39, 0.29) is 5.82 Å². The average Bonchev–Trinajstić information content (AvgIpc) is 2.51. The number of methoxy groups -OCH3 is 1. The lowest BCUT2D eigenvalue weighted by molar-refractivity contribution is 0.292. The van der Waals surface area contributed by atoms with Gasteiger partial charge in [-0.05, 0) is 42.8 Å². The number of para-hydroxylation sites is 2. The van der Waals surface area contributed by atoms with Gasteiger partial charge in [0, 0.05) is 6.54 Å². The van der Waals surface area contributed by atoms with E-state index in [2.05, 4.69) is 5.32 Å². The molecular weight excluding hydrogens is 269 g/mol. The zero-order chi connectivity index (χ0) is 14.9. The van der Waals surface area contributed by atoms with Gasteiger partial charge in [-0.1, -0.05) is 24.3 Å². The minimum atomic E-state index is -0.188. The summed E-state index contributed by atoms with van der Waals surface area (Å²) in [6.07, 6.45) is 0.798. The average molecular weight is 289 g/mol. The molecular formula is C17H20FNO2. The molecule has 2 rings (SSSR count). The van der Waals surface area contributed by atoms with Gasteiger partial charge in [0.05, 0.1) is 7.11 Å². The van der Waals surface area contributed by atoms with Crippen molar-refractivity contribution in [3.8, 4) is 11.5 Å². The largest absolute Gasteiger partial charge is 0.493 e. The van der Waals surface area contributed by atoms with Crippen molar-refractivity contribution in [1.29, 1.82) is 0 Å². The smallest absolute Gasteiger partial charge is 0.161 e. The Morgan fingerprint density at radius 3 is 2.57 bits per heavy atom. The molecule has 4 heteroatoms. The summed E-state index contributed by atoms with van der Waals surface area (Å²) >= 11 is 0. The van der Waals surface area contributed by atoms with Gasteiger partial charge in [-0.25, -0.2) is 4.39 Å². The van der Waals surface area contributed by atoms with Crippen LogP contribution in [-0.4, -0.2) is 26.8 Å². The maximum atomic E-state index is 13.0. The van der Waals surface area contributed by atoms with Crippen molar-refractivity contribution < 1.29 is 13.9 Å². The Morgan fingerprint density at radius 2 is 1.81 bits per heavy atom. The summed E-state index contributed by atoms with van der Waals surface area (Å²) in [6.45, 7) is 2.08. The van der Waals surface area contributed by atoms with E-state index < -0.39 is 0 Å². The predicted molar refractivity (Wildman–Crippen MR) is 81.5 cm³/mol. The molecule has 2 aromatic carbocycles. The summed E-state index contributed by atoms with van der Waals surface area (Å²) in [5, 5.41) is 3.27. The van der Waals surface area contributed by atoms with Gasteiger partial charge in [-0.2, -0.15) is 0 Å². The maximum Gasteiger partial charge on any atom is 0.161 e. The summed E-state index contributed by atoms with van der Waals surface area (Å²) in [5.41, 5.74) is 0.994. The lowest BCUT2D eigenvalue weighted by atomic mass is 10.1. The Labute approximate surface area is 124 Å². The van der Waals surface area contributed by atoms with Crippen LogP contribution < -0.4 is 14.8 Å². The van der Waals surface area contributed by atoms with Gasteiger partial charge in [-0.3, -0.25) is 0 Å². The van der Waals surface area contributed by atoms with Crippen molar-refractivity contribution in [2.24, 2.45) is 0 Å². The first kappa shape index (κ1) is 15.3. The third-order valence-corrected chi connectivity index (χ3v) is 3.08. The molecule has 0 saturated carbocycles. The molecule has 0 amide bonds. The number of hydrogen-bond donors (Lipinski definition) is 1. The van der Waals surface area contributed by atoms with Gasteiger partial charge >= 0.3 is 0 Å². The molecule has 0 spiro atoms. The molecule has 0 unspecified atom stereocenters. The second-order valence-corrected chi connectivity index (χ2v) is 4.63. The third-order valence-electron chi connectivity index (χ3n) is 3.08. The second-order valence-electron chi connectivity index (χ2n) is 4.63. The van der Waals surface area contributed by atoms with Crippen LogP contribution >= 0.6 is 0 Å². The molecule has 0 bridgehead atoms. The van der Waals surface area contributed by atoms with Crippen LogP contribution in [0.2, 0.25) is 0 Å². The van der Waals surface area contributed by atoms with Crippen LogP contribution in [0.5, 0.6) is 11.5 Å². The van der Waals surface area contributed by atoms with Crippen LogP contribution in [0, 0.1) is 5.82 Å². The van der Waals surface area contributed by atoms with E-state index >= 15 is 0 Å². The fraction of sp³-hybridized carbons (Fsp3) is 0.294. The monoisotopic (exact) mass is 289 g/mol. The van der Waals surface area contributed by atoms with Crippen molar-refractivity contribution in [2.45, 2.75) is 6.42 Å². The molecule has 0 aromatic heterocycles. The van der Waals surface area contributed by atoms with Crippen LogP contribution in [0.15, 0.2) is 48.5 Å². The molecule has 112 valence electrons. The van der Waals surface area contributed by atoms with E-state index in [1.165, 1.54) is 6.07 Å². The van der Waals surface area contributed by atoms with E-state index in [9.17, 15) is 4.39 Å². The number of nitrogens with one attached hydrogen (secondary N) is 1. The highest BCUT2D eigenvalue weighted by Gasteiger charge is 2.01. The van der Waals surface area contributed by atoms with Crippen molar-refractivity contribution in [3.63, 3.8) is 0 Å². The van der Waals surface area contributed by atoms with Gasteiger partial charge in [0.1, 0.15) is 12.4 Å². The van der Waals surface area contributed by atoms with Gasteiger partial charge in [-0.15, -0.1) is 0 Å². The van der Waals surface area contributed by atoms with E-state index in [0.29, 0.717) is 6.61 Å². The zero-order valence-electron chi connectivity index (χ0n) is 12.1. The lowest BCUT2D eigenvalue weighted by Crippen LogP contribution is -2.23. The van der Waals surface area contributed by atoms with Crippen molar-refractivity contribution >= 4 is 0 Å². The van der Waals surface area contributed by atoms with E-state index in [4.69, 9.17) is 9.47 Å². The Balaban J connectivity index is 1.64. The summed E-state index contributed by atoms with van der Waals surface area (Å²) < 4.78 is 23.9. The Hall–Kier alpha value is -2.07. The number of rotatable bonds is 8. The molecule has 0 aliphatic rings. The van der Waals surface area contributed by atoms with Crippen molar-refractivity contribution in [3.05, 3.63) is 59.9 Å². The van der Waals surface area contributed by atoms with Gasteiger partial charge in [0.25, 0.3) is 0 Å². The topological polar surface area (TPSA) is 30.5 Å². The number of hydrogen-bond acceptors (Lipinski definition) is 3. The Bertz CT molecular complexity index is 560. The van der Waals surface area contributed by atoms with Crippen molar-refractivity contribution in [2.75, 3.05) is 26.8 Å². The standard InChI is InChI=1S/C17H20FNO2/c1-20-16-7-2-3-8-17(16)21-12-11-19-10-9-14-5-4-6-15(18)13-14/h2-8,13,19H,9-12H2,1H3. The van der Waals surface area contributed by atoms with Crippen molar-refractivity contribution in [1.82, 2.24) is 5.32 Å². The molecule has 0 aliphatic carbocycles. The first-order valence-corrected chi connectivity index (χ1v) is 7.00. The second kappa shape index (κ2) is 8.27. The van der Waals surface area contributed by atoms with Gasteiger partial charge in [0.2, 0.25) is 0 Å². The van der Waals surface area contributed by atoms with E-state index in [1.54, 1.807) is 19.2 Å². The molecule has 0 atom stereocenters. The van der Waals surface area contributed by atoms with Gasteiger partial charge in [0.15, 0.2) is 11.5 Å². The molecule has 0 radical (unpaired) electrons. The first-order valence-electron chi connectivity index (χ1n) is 7.00. The third kappa shape index (κ3) is 5.08. The van der Waals surface area contributed by atoms with Crippen LogP contribution in [0.1, 0.15) is 5.56 Å². The highest BCUT2D eigenvalue weighted by atomic mass is 19.1. The quantitative estimate of drug-likeness (QED) is 0.758. The van der Waals surface area contributed by atoms with Gasteiger partial charge < -0.3 is 14.8 Å². The molecule has 3 nitrogen and oxygen atoms in total. The fourth-order valence-corrected chi connectivity index (χ4v) is 2.02. The SMILES string of the molecule is COc1ccccc1OCCNCCc1cccc(F)c1. The zero-order valence-corrected chi connectivity index (χ0v) is 12.1. The minimum absolute atomic E-state index is 0.188. The lowest BCUT2D eigenvalue weighted by Gasteiger charge is -2.10. The summed E-state index contributed by atoms with van der Waals surface area (Å²) in [6, 6.07) is 14.2. The number of benzene rings is 2. The first-order chi connectivity index (χ1) is 10.3. The van der Waals surface area contributed by atoms with E-state index in [0.717, 1.165) is 36.6 Å². The maximum absolute atomic E-state index is 13.0. The normalized spacial score (nSPS) is 10.4. The summed E-state index contributed by atoms with van der Waals surface area (Å²) in [5.74, 6) is 1.29. The highest BCUT2D eigenvalue weighted by Crippen LogP contribution is 2.25. The molecule has 0 heterocycles. The molecule has 0 saturated heterocycles.